The van der Waals surface area contributed by atoms with Gasteiger partial charge < -0.3 is 14.5 Å². The van der Waals surface area contributed by atoms with Gasteiger partial charge in [0.25, 0.3) is 0 Å². The molecule has 1 aromatic rings. The van der Waals surface area contributed by atoms with E-state index < -0.39 is 15.8 Å². The van der Waals surface area contributed by atoms with E-state index in [0.29, 0.717) is 32.8 Å². The Hall–Kier alpha value is -2.24. The summed E-state index contributed by atoms with van der Waals surface area (Å²) in [5.74, 6) is -0.581. The van der Waals surface area contributed by atoms with Crippen LogP contribution < -0.4 is 0 Å². The molecular formula is C21H31FN4O5S. The van der Waals surface area contributed by atoms with Gasteiger partial charge in [-0.15, -0.1) is 0 Å². The average Bonchev–Trinajstić information content (AvgIpc) is 2.78. The molecule has 2 amide bonds. The summed E-state index contributed by atoms with van der Waals surface area (Å²) in [6.45, 7) is 7.47. The van der Waals surface area contributed by atoms with E-state index in [0.717, 1.165) is 6.07 Å². The summed E-state index contributed by atoms with van der Waals surface area (Å²) in [5.41, 5.74) is 0. The summed E-state index contributed by atoms with van der Waals surface area (Å²) in [5, 5.41) is 0. The molecule has 1 aromatic carbocycles. The first-order chi connectivity index (χ1) is 15.2. The Kier molecular flexibility index (Phi) is 8.07. The Labute approximate surface area is 188 Å². The maximum Gasteiger partial charge on any atom is 0.409 e. The standard InChI is InChI=1S/C21H31FN4O5S/c1-17(2)16-31-21(28)25-9-7-23(8-10-25)15-20(27)24-11-13-26(14-12-24)32(29,30)19-6-4-3-5-18(19)22/h3-6,17H,7-16H2,1-2H3. The molecule has 3 rings (SSSR count). The second-order valence-corrected chi connectivity index (χ2v) is 10.4. The number of benzene rings is 1. The zero-order valence-corrected chi connectivity index (χ0v) is 19.4. The molecule has 2 saturated heterocycles. The topological polar surface area (TPSA) is 90.5 Å². The maximum atomic E-state index is 14.0. The molecule has 0 bridgehead atoms. The van der Waals surface area contributed by atoms with Crippen molar-refractivity contribution in [2.24, 2.45) is 5.92 Å². The van der Waals surface area contributed by atoms with E-state index >= 15 is 0 Å². The van der Waals surface area contributed by atoms with E-state index in [2.05, 4.69) is 0 Å². The second-order valence-electron chi connectivity index (χ2n) is 8.45. The van der Waals surface area contributed by atoms with Gasteiger partial charge in [-0.1, -0.05) is 26.0 Å². The third kappa shape index (κ3) is 5.96. The summed E-state index contributed by atoms with van der Waals surface area (Å²) < 4.78 is 45.8. The van der Waals surface area contributed by atoms with Gasteiger partial charge in [-0.3, -0.25) is 9.69 Å². The van der Waals surface area contributed by atoms with Gasteiger partial charge in [-0.25, -0.2) is 17.6 Å². The Balaban J connectivity index is 1.44. The minimum absolute atomic E-state index is 0.0798. The molecule has 0 atom stereocenters. The van der Waals surface area contributed by atoms with Crippen molar-refractivity contribution in [2.45, 2.75) is 18.7 Å². The molecule has 0 unspecified atom stereocenters. The van der Waals surface area contributed by atoms with Crippen molar-refractivity contribution < 1.29 is 27.1 Å². The van der Waals surface area contributed by atoms with Gasteiger partial charge in [0.05, 0.1) is 13.2 Å². The fourth-order valence-electron chi connectivity index (χ4n) is 3.68. The molecule has 0 aliphatic carbocycles. The highest BCUT2D eigenvalue weighted by Gasteiger charge is 2.32. The molecule has 9 nitrogen and oxygen atoms in total. The van der Waals surface area contributed by atoms with Crippen molar-refractivity contribution in [2.75, 3.05) is 65.5 Å². The number of hydrogen-bond acceptors (Lipinski definition) is 6. The number of carbonyl (C=O) groups is 2. The number of hydrogen-bond donors (Lipinski definition) is 0. The zero-order valence-electron chi connectivity index (χ0n) is 18.6. The van der Waals surface area contributed by atoms with Crippen LogP contribution in [-0.4, -0.2) is 105 Å². The Morgan fingerprint density at radius 3 is 2.16 bits per heavy atom. The minimum atomic E-state index is -3.93. The third-order valence-corrected chi connectivity index (χ3v) is 7.51. The molecule has 0 aromatic heterocycles. The van der Waals surface area contributed by atoms with Gasteiger partial charge >= 0.3 is 6.09 Å². The lowest BCUT2D eigenvalue weighted by molar-refractivity contribution is -0.134. The molecule has 2 aliphatic rings. The van der Waals surface area contributed by atoms with E-state index in [1.54, 1.807) is 9.80 Å². The van der Waals surface area contributed by atoms with Crippen LogP contribution >= 0.6 is 0 Å². The van der Waals surface area contributed by atoms with Gasteiger partial charge in [-0.2, -0.15) is 4.31 Å². The first-order valence-corrected chi connectivity index (χ1v) is 12.3. The predicted octanol–water partition coefficient (Wildman–Crippen LogP) is 1.07. The zero-order chi connectivity index (χ0) is 23.3. The van der Waals surface area contributed by atoms with Gasteiger partial charge in [0.1, 0.15) is 10.7 Å². The molecule has 0 saturated carbocycles. The van der Waals surface area contributed by atoms with Crippen molar-refractivity contribution in [3.8, 4) is 0 Å². The molecule has 0 radical (unpaired) electrons. The highest BCUT2D eigenvalue weighted by molar-refractivity contribution is 7.89. The molecule has 178 valence electrons. The van der Waals surface area contributed by atoms with Crippen molar-refractivity contribution >= 4 is 22.0 Å². The molecule has 2 aliphatic heterocycles. The molecule has 0 spiro atoms. The van der Waals surface area contributed by atoms with Gasteiger partial charge in [0.2, 0.25) is 15.9 Å². The van der Waals surface area contributed by atoms with Crippen molar-refractivity contribution in [1.82, 2.24) is 19.0 Å². The SMILES string of the molecule is CC(C)COC(=O)N1CCN(CC(=O)N2CCN(S(=O)(=O)c3ccccc3F)CC2)CC1. The van der Waals surface area contributed by atoms with Crippen molar-refractivity contribution in [1.29, 1.82) is 0 Å². The fourth-order valence-corrected chi connectivity index (χ4v) is 5.17. The van der Waals surface area contributed by atoms with E-state index in [1.807, 2.05) is 18.7 Å². The number of nitrogens with zero attached hydrogens (tertiary/aromatic N) is 4. The van der Waals surface area contributed by atoms with E-state index in [4.69, 9.17) is 4.74 Å². The molecule has 2 fully saturated rings. The lowest BCUT2D eigenvalue weighted by Crippen LogP contribution is -2.55. The number of piperazine rings is 2. The maximum absolute atomic E-state index is 14.0. The average molecular weight is 471 g/mol. The van der Waals surface area contributed by atoms with Gasteiger partial charge in [0.15, 0.2) is 0 Å². The number of carbonyl (C=O) groups excluding carboxylic acids is 2. The summed E-state index contributed by atoms with van der Waals surface area (Å²) in [4.78, 5) is 29.7. The summed E-state index contributed by atoms with van der Waals surface area (Å²) in [6, 6.07) is 5.30. The largest absolute Gasteiger partial charge is 0.449 e. The van der Waals surface area contributed by atoms with Crippen LogP contribution in [0.1, 0.15) is 13.8 Å². The van der Waals surface area contributed by atoms with Crippen molar-refractivity contribution in [3.63, 3.8) is 0 Å². The smallest absolute Gasteiger partial charge is 0.409 e. The lowest BCUT2D eigenvalue weighted by Gasteiger charge is -2.37. The number of sulfonamides is 1. The molecule has 0 N–H and O–H groups in total. The quantitative estimate of drug-likeness (QED) is 0.618. The van der Waals surface area contributed by atoms with Crippen LogP contribution in [0.3, 0.4) is 0 Å². The fraction of sp³-hybridized carbons (Fsp3) is 0.619. The molecule has 2 heterocycles. The first kappa shape index (κ1) is 24.4. The Morgan fingerprint density at radius 1 is 0.969 bits per heavy atom. The van der Waals surface area contributed by atoms with Crippen molar-refractivity contribution in [3.05, 3.63) is 30.1 Å². The van der Waals surface area contributed by atoms with Crippen LogP contribution in [0.25, 0.3) is 0 Å². The summed E-state index contributed by atoms with van der Waals surface area (Å²) >= 11 is 0. The van der Waals surface area contributed by atoms with Crippen LogP contribution in [0.2, 0.25) is 0 Å². The number of halogens is 1. The summed E-state index contributed by atoms with van der Waals surface area (Å²) in [6.07, 6.45) is -0.322. The number of rotatable bonds is 6. The Bertz CT molecular complexity index is 911. The van der Waals surface area contributed by atoms with Crippen LogP contribution in [0.5, 0.6) is 0 Å². The lowest BCUT2D eigenvalue weighted by atomic mass is 10.2. The van der Waals surface area contributed by atoms with Crippen LogP contribution in [0, 0.1) is 11.7 Å². The van der Waals surface area contributed by atoms with Crippen LogP contribution in [-0.2, 0) is 19.6 Å². The van der Waals surface area contributed by atoms with E-state index in [9.17, 15) is 22.4 Å². The number of ether oxygens (including phenoxy) is 1. The molecule has 11 heteroatoms. The number of amides is 2. The van der Waals surface area contributed by atoms with Gasteiger partial charge in [-0.05, 0) is 18.1 Å². The summed E-state index contributed by atoms with van der Waals surface area (Å²) in [7, 11) is -3.93. The molecule has 32 heavy (non-hydrogen) atoms. The first-order valence-electron chi connectivity index (χ1n) is 10.8. The van der Waals surface area contributed by atoms with E-state index in [1.165, 1.54) is 22.5 Å². The normalized spacial score (nSPS) is 18.8. The third-order valence-electron chi connectivity index (χ3n) is 5.58. The highest BCUT2D eigenvalue weighted by Crippen LogP contribution is 2.20. The van der Waals surface area contributed by atoms with Crippen LogP contribution in [0.15, 0.2) is 29.2 Å². The monoisotopic (exact) mass is 470 g/mol. The van der Waals surface area contributed by atoms with E-state index in [-0.39, 0.29) is 55.5 Å². The second kappa shape index (κ2) is 10.6. The highest BCUT2D eigenvalue weighted by atomic mass is 32.2. The van der Waals surface area contributed by atoms with Crippen LogP contribution in [0.4, 0.5) is 9.18 Å². The van der Waals surface area contributed by atoms with Gasteiger partial charge in [0, 0.05) is 52.4 Å². The minimum Gasteiger partial charge on any atom is -0.449 e. The molecular weight excluding hydrogens is 439 g/mol. The Morgan fingerprint density at radius 2 is 1.56 bits per heavy atom. The predicted molar refractivity (Wildman–Crippen MR) is 116 cm³/mol.